The molecule has 0 aromatic heterocycles. The second-order valence-corrected chi connectivity index (χ2v) is 6.08. The van der Waals surface area contributed by atoms with Gasteiger partial charge in [-0.3, -0.25) is 4.79 Å². The first kappa shape index (κ1) is 14.1. The average molecular weight is 345 g/mol. The number of amides is 1. The van der Waals surface area contributed by atoms with Gasteiger partial charge in [-0.2, -0.15) is 0 Å². The first-order valence-electron chi connectivity index (χ1n) is 7.08. The average Bonchev–Trinajstić information content (AvgIpc) is 2.64. The molecule has 1 aliphatic heterocycles. The molecule has 0 saturated carbocycles. The van der Waals surface area contributed by atoms with Gasteiger partial charge in [-0.05, 0) is 52.0 Å². The first-order valence-corrected chi connectivity index (χ1v) is 7.87. The second kappa shape index (κ2) is 5.90. The molecule has 2 aromatic rings. The van der Waals surface area contributed by atoms with Gasteiger partial charge in [0.25, 0.3) is 0 Å². The topological polar surface area (TPSA) is 46.3 Å². The van der Waals surface area contributed by atoms with Crippen LogP contribution in [0.5, 0.6) is 0 Å². The van der Waals surface area contributed by atoms with Crippen molar-refractivity contribution < 1.29 is 4.79 Å². The summed E-state index contributed by atoms with van der Waals surface area (Å²) in [5, 5.41) is 0. The van der Waals surface area contributed by atoms with Gasteiger partial charge in [-0.1, -0.05) is 30.3 Å². The zero-order chi connectivity index (χ0) is 14.8. The van der Waals surface area contributed by atoms with E-state index in [9.17, 15) is 4.79 Å². The molecular weight excluding hydrogens is 328 g/mol. The summed E-state index contributed by atoms with van der Waals surface area (Å²) in [4.78, 5) is 14.3. The lowest BCUT2D eigenvalue weighted by Gasteiger charge is -2.24. The molecule has 2 N–H and O–H groups in total. The maximum absolute atomic E-state index is 12.5. The molecule has 1 amide bonds. The zero-order valence-electron chi connectivity index (χ0n) is 11.7. The van der Waals surface area contributed by atoms with Crippen molar-refractivity contribution in [2.75, 3.05) is 10.6 Å². The van der Waals surface area contributed by atoms with Gasteiger partial charge in [-0.15, -0.1) is 0 Å². The predicted molar refractivity (Wildman–Crippen MR) is 89.1 cm³/mol. The predicted octanol–water partition coefficient (Wildman–Crippen LogP) is 3.90. The number of anilines is 2. The van der Waals surface area contributed by atoms with Crippen molar-refractivity contribution in [3.05, 3.63) is 58.1 Å². The summed E-state index contributed by atoms with van der Waals surface area (Å²) >= 11 is 3.52. The summed E-state index contributed by atoms with van der Waals surface area (Å²) in [6.07, 6.45) is 2.45. The smallest absolute Gasteiger partial charge is 0.227 e. The molecule has 0 bridgehead atoms. The number of fused-ring (bicyclic) bond motifs is 1. The van der Waals surface area contributed by atoms with Crippen molar-refractivity contribution in [3.63, 3.8) is 0 Å². The molecule has 3 rings (SSSR count). The fraction of sp³-hybridized carbons (Fsp3) is 0.235. The van der Waals surface area contributed by atoms with E-state index in [1.807, 2.05) is 41.3 Å². The van der Waals surface area contributed by atoms with Gasteiger partial charge in [0, 0.05) is 22.3 Å². The second-order valence-electron chi connectivity index (χ2n) is 5.28. The van der Waals surface area contributed by atoms with Crippen LogP contribution in [0.3, 0.4) is 0 Å². The minimum Gasteiger partial charge on any atom is -0.398 e. The number of benzene rings is 2. The summed E-state index contributed by atoms with van der Waals surface area (Å²) in [6, 6.07) is 13.9. The molecule has 21 heavy (non-hydrogen) atoms. The number of nitrogens with zero attached hydrogens (tertiary/aromatic N) is 1. The van der Waals surface area contributed by atoms with Gasteiger partial charge in [0.1, 0.15) is 0 Å². The van der Waals surface area contributed by atoms with E-state index in [-0.39, 0.29) is 5.91 Å². The van der Waals surface area contributed by atoms with Crippen molar-refractivity contribution in [3.8, 4) is 0 Å². The lowest BCUT2D eigenvalue weighted by Crippen LogP contribution is -2.29. The highest BCUT2D eigenvalue weighted by Gasteiger charge is 2.22. The van der Waals surface area contributed by atoms with Crippen LogP contribution < -0.4 is 10.6 Å². The monoisotopic (exact) mass is 344 g/mol. The van der Waals surface area contributed by atoms with E-state index >= 15 is 0 Å². The summed E-state index contributed by atoms with van der Waals surface area (Å²) in [5.41, 5.74) is 9.92. The maximum Gasteiger partial charge on any atom is 0.227 e. The van der Waals surface area contributed by atoms with Crippen molar-refractivity contribution in [2.45, 2.75) is 25.8 Å². The van der Waals surface area contributed by atoms with E-state index in [1.54, 1.807) is 0 Å². The van der Waals surface area contributed by atoms with Crippen LogP contribution in [-0.4, -0.2) is 5.91 Å². The number of aryl methyl sites for hydroxylation is 1. The Morgan fingerprint density at radius 1 is 1.10 bits per heavy atom. The van der Waals surface area contributed by atoms with Gasteiger partial charge in [-0.25, -0.2) is 0 Å². The zero-order valence-corrected chi connectivity index (χ0v) is 13.3. The SMILES string of the molecule is Nc1cccc(CN2C(=O)CCCc3ccccc32)c1Br. The van der Waals surface area contributed by atoms with E-state index in [4.69, 9.17) is 5.73 Å². The van der Waals surface area contributed by atoms with Crippen LogP contribution >= 0.6 is 15.9 Å². The molecule has 2 aromatic carbocycles. The quantitative estimate of drug-likeness (QED) is 0.839. The number of rotatable bonds is 2. The van der Waals surface area contributed by atoms with Crippen LogP contribution in [0.15, 0.2) is 46.9 Å². The van der Waals surface area contributed by atoms with Crippen molar-refractivity contribution >= 4 is 33.2 Å². The molecule has 0 saturated heterocycles. The number of hydrogen-bond acceptors (Lipinski definition) is 2. The fourth-order valence-electron chi connectivity index (χ4n) is 2.75. The van der Waals surface area contributed by atoms with E-state index in [0.29, 0.717) is 18.7 Å². The van der Waals surface area contributed by atoms with Crippen LogP contribution in [0.2, 0.25) is 0 Å². The summed E-state index contributed by atoms with van der Waals surface area (Å²) in [5.74, 6) is 0.175. The van der Waals surface area contributed by atoms with Gasteiger partial charge >= 0.3 is 0 Å². The molecule has 1 aliphatic rings. The molecule has 0 unspecified atom stereocenters. The maximum atomic E-state index is 12.5. The summed E-state index contributed by atoms with van der Waals surface area (Å²) in [6.45, 7) is 0.543. The van der Waals surface area contributed by atoms with Crippen LogP contribution in [0.1, 0.15) is 24.0 Å². The van der Waals surface area contributed by atoms with Crippen LogP contribution in [-0.2, 0) is 17.8 Å². The molecule has 1 heterocycles. The highest BCUT2D eigenvalue weighted by atomic mass is 79.9. The molecule has 4 heteroatoms. The Bertz CT molecular complexity index is 684. The fourth-order valence-corrected chi connectivity index (χ4v) is 3.14. The van der Waals surface area contributed by atoms with E-state index in [0.717, 1.165) is 28.6 Å². The summed E-state index contributed by atoms with van der Waals surface area (Å²) < 4.78 is 0.875. The Balaban J connectivity index is 2.00. The molecule has 0 atom stereocenters. The van der Waals surface area contributed by atoms with Crippen LogP contribution in [0.25, 0.3) is 0 Å². The molecule has 108 valence electrons. The van der Waals surface area contributed by atoms with Gasteiger partial charge in [0.2, 0.25) is 5.91 Å². The Labute approximate surface area is 132 Å². The Morgan fingerprint density at radius 2 is 1.90 bits per heavy atom. The molecular formula is C17H17BrN2O. The third-order valence-corrected chi connectivity index (χ3v) is 4.82. The Kier molecular flexibility index (Phi) is 3.97. The lowest BCUT2D eigenvalue weighted by molar-refractivity contribution is -0.118. The van der Waals surface area contributed by atoms with Crippen LogP contribution in [0.4, 0.5) is 11.4 Å². The number of carbonyl (C=O) groups is 1. The van der Waals surface area contributed by atoms with Crippen molar-refractivity contribution in [1.29, 1.82) is 0 Å². The molecule has 0 fully saturated rings. The van der Waals surface area contributed by atoms with Crippen molar-refractivity contribution in [2.24, 2.45) is 0 Å². The highest BCUT2D eigenvalue weighted by molar-refractivity contribution is 9.10. The van der Waals surface area contributed by atoms with Crippen molar-refractivity contribution in [1.82, 2.24) is 0 Å². The Morgan fingerprint density at radius 3 is 2.76 bits per heavy atom. The van der Waals surface area contributed by atoms with E-state index in [2.05, 4.69) is 22.0 Å². The van der Waals surface area contributed by atoms with Gasteiger partial charge in [0.05, 0.1) is 6.54 Å². The highest BCUT2D eigenvalue weighted by Crippen LogP contribution is 2.31. The number of para-hydroxylation sites is 1. The minimum absolute atomic E-state index is 0.175. The summed E-state index contributed by atoms with van der Waals surface area (Å²) in [7, 11) is 0. The number of hydrogen-bond donors (Lipinski definition) is 1. The number of halogens is 1. The normalized spacial score (nSPS) is 14.7. The van der Waals surface area contributed by atoms with Gasteiger partial charge in [0.15, 0.2) is 0 Å². The molecule has 0 aliphatic carbocycles. The first-order chi connectivity index (χ1) is 10.2. The largest absolute Gasteiger partial charge is 0.398 e. The lowest BCUT2D eigenvalue weighted by atomic mass is 10.1. The molecule has 0 radical (unpaired) electrons. The third-order valence-electron chi connectivity index (χ3n) is 3.86. The minimum atomic E-state index is 0.175. The van der Waals surface area contributed by atoms with Crippen LogP contribution in [0, 0.1) is 0 Å². The molecule has 0 spiro atoms. The third kappa shape index (κ3) is 2.81. The van der Waals surface area contributed by atoms with E-state index < -0.39 is 0 Å². The van der Waals surface area contributed by atoms with E-state index in [1.165, 1.54) is 5.56 Å². The van der Waals surface area contributed by atoms with Gasteiger partial charge < -0.3 is 10.6 Å². The molecule has 3 nitrogen and oxygen atoms in total. The number of nitrogens with two attached hydrogens (primary N) is 1. The Hall–Kier alpha value is -1.81. The number of carbonyl (C=O) groups excluding carboxylic acids is 1. The number of nitrogen functional groups attached to an aromatic ring is 1. The standard InChI is InChI=1S/C17H17BrN2O/c18-17-13(7-3-8-14(17)19)11-20-15-9-2-1-5-12(15)6-4-10-16(20)21/h1-3,5,7-9H,4,6,10-11,19H2.